The van der Waals surface area contributed by atoms with Crippen molar-refractivity contribution in [1.29, 1.82) is 0 Å². The van der Waals surface area contributed by atoms with E-state index >= 15 is 0 Å². The molecule has 0 fully saturated rings. The molecule has 188 valence electrons. The van der Waals surface area contributed by atoms with Crippen LogP contribution in [0.15, 0.2) is 33.0 Å². The molecule has 2 aromatic carbocycles. The number of phenols is 1. The van der Waals surface area contributed by atoms with Crippen LogP contribution >= 0.6 is 0 Å². The molecule has 2 heterocycles. The molecule has 0 amide bonds. The van der Waals surface area contributed by atoms with Gasteiger partial charge in [0.25, 0.3) is 0 Å². The molecule has 1 atom stereocenters. The lowest BCUT2D eigenvalue weighted by molar-refractivity contribution is -0.0225. The lowest BCUT2D eigenvalue weighted by Gasteiger charge is -2.24. The van der Waals surface area contributed by atoms with Crippen molar-refractivity contribution in [3.05, 3.63) is 45.1 Å². The molecule has 0 aliphatic carbocycles. The number of methoxy groups -OCH3 is 1. The first-order valence-electron chi connectivity index (χ1n) is 10.8. The summed E-state index contributed by atoms with van der Waals surface area (Å²) in [6.07, 6.45) is 1.32. The number of ether oxygens (including phenoxy) is 2. The SMILES string of the molecule is COc1c(O)cc2oc3cc(OS(=O)(=O)O)c4c(c3c(=O)c2c1CC=C(C)C)O[C@H](C(C)(C)O)C4. The second kappa shape index (κ2) is 8.43. The topological polar surface area (TPSA) is 153 Å². The fraction of sp³-hybridized carbons (Fsp3) is 0.375. The van der Waals surface area contributed by atoms with Crippen LogP contribution in [0, 0.1) is 0 Å². The van der Waals surface area contributed by atoms with Gasteiger partial charge in [-0.15, -0.1) is 0 Å². The van der Waals surface area contributed by atoms with Crippen LogP contribution in [0.5, 0.6) is 23.0 Å². The Hall–Kier alpha value is -3.28. The van der Waals surface area contributed by atoms with E-state index in [1.165, 1.54) is 27.0 Å². The van der Waals surface area contributed by atoms with Crippen LogP contribution in [0.25, 0.3) is 21.9 Å². The van der Waals surface area contributed by atoms with Crippen molar-refractivity contribution in [3.63, 3.8) is 0 Å². The average molecular weight is 507 g/mol. The average Bonchev–Trinajstić information content (AvgIpc) is 3.16. The zero-order valence-electron chi connectivity index (χ0n) is 19.8. The third kappa shape index (κ3) is 4.54. The number of hydrogen-bond acceptors (Lipinski definition) is 9. The van der Waals surface area contributed by atoms with Crippen LogP contribution in [0.2, 0.25) is 0 Å². The molecule has 0 unspecified atom stereocenters. The predicted octanol–water partition coefficient (Wildman–Crippen LogP) is 3.43. The quantitative estimate of drug-likeness (QED) is 0.257. The van der Waals surface area contributed by atoms with Gasteiger partial charge in [-0.05, 0) is 34.1 Å². The summed E-state index contributed by atoms with van der Waals surface area (Å²) in [5.41, 5.74) is -0.321. The van der Waals surface area contributed by atoms with Crippen molar-refractivity contribution < 1.29 is 41.3 Å². The van der Waals surface area contributed by atoms with E-state index in [-0.39, 0.29) is 63.3 Å². The van der Waals surface area contributed by atoms with E-state index in [2.05, 4.69) is 0 Å². The van der Waals surface area contributed by atoms with Gasteiger partial charge < -0.3 is 28.3 Å². The van der Waals surface area contributed by atoms with Gasteiger partial charge >= 0.3 is 10.4 Å². The molecule has 0 spiro atoms. The summed E-state index contributed by atoms with van der Waals surface area (Å²) in [7, 11) is -3.53. The maximum Gasteiger partial charge on any atom is 0.446 e. The normalized spacial score (nSPS) is 15.7. The molecule has 0 saturated heterocycles. The minimum atomic E-state index is -4.91. The van der Waals surface area contributed by atoms with Crippen molar-refractivity contribution in [2.75, 3.05) is 7.11 Å². The number of hydrogen-bond donors (Lipinski definition) is 3. The van der Waals surface area contributed by atoms with Crippen molar-refractivity contribution in [3.8, 4) is 23.0 Å². The molecule has 1 aromatic heterocycles. The summed E-state index contributed by atoms with van der Waals surface area (Å²) in [6.45, 7) is 6.81. The first-order chi connectivity index (χ1) is 16.2. The smallest absolute Gasteiger partial charge is 0.446 e. The summed E-state index contributed by atoms with van der Waals surface area (Å²) >= 11 is 0. The van der Waals surface area contributed by atoms with Gasteiger partial charge in [0.05, 0.1) is 18.1 Å². The molecule has 3 N–H and O–H groups in total. The van der Waals surface area contributed by atoms with Gasteiger partial charge in [0.1, 0.15) is 28.4 Å². The maximum absolute atomic E-state index is 13.9. The Bertz CT molecular complexity index is 1540. The molecule has 0 radical (unpaired) electrons. The lowest BCUT2D eigenvalue weighted by Crippen LogP contribution is -2.39. The van der Waals surface area contributed by atoms with Crippen LogP contribution in [-0.2, 0) is 23.2 Å². The van der Waals surface area contributed by atoms with Crippen LogP contribution in [0.3, 0.4) is 0 Å². The molecule has 1 aliphatic rings. The minimum absolute atomic E-state index is 0.00753. The van der Waals surface area contributed by atoms with E-state index < -0.39 is 27.5 Å². The van der Waals surface area contributed by atoms with Crippen LogP contribution in [0.4, 0.5) is 0 Å². The number of rotatable bonds is 6. The van der Waals surface area contributed by atoms with E-state index in [1.54, 1.807) is 0 Å². The first-order valence-corrected chi connectivity index (χ1v) is 12.1. The van der Waals surface area contributed by atoms with Gasteiger partial charge in [0.15, 0.2) is 17.2 Å². The monoisotopic (exact) mass is 506 g/mol. The summed E-state index contributed by atoms with van der Waals surface area (Å²) in [5.74, 6) is -0.427. The van der Waals surface area contributed by atoms with Crippen molar-refractivity contribution in [1.82, 2.24) is 0 Å². The molecule has 4 rings (SSSR count). The maximum atomic E-state index is 13.9. The zero-order valence-corrected chi connectivity index (χ0v) is 20.6. The van der Waals surface area contributed by atoms with E-state index in [0.717, 1.165) is 11.6 Å². The number of aliphatic hydroxyl groups is 1. The van der Waals surface area contributed by atoms with E-state index in [0.29, 0.717) is 5.56 Å². The van der Waals surface area contributed by atoms with Gasteiger partial charge in [-0.25, -0.2) is 0 Å². The standard InChI is InChI=1S/C24H26O10S/c1-11(2)6-7-12-19-16(9-14(25)22(12)31-5)32-17-10-15(34-35(28,29)30)13-8-18(24(3,4)27)33-23(13)20(17)21(19)26/h6,9-10,18,25,27H,7-8H2,1-5H3,(H,28,29,30)/t18-/m0/s1. The third-order valence-electron chi connectivity index (χ3n) is 5.86. The summed E-state index contributed by atoms with van der Waals surface area (Å²) in [4.78, 5) is 13.9. The Morgan fingerprint density at radius 2 is 1.89 bits per heavy atom. The number of fused-ring (bicyclic) bond motifs is 4. The third-order valence-corrected chi connectivity index (χ3v) is 6.25. The zero-order chi connectivity index (χ0) is 25.9. The Morgan fingerprint density at radius 3 is 2.46 bits per heavy atom. The van der Waals surface area contributed by atoms with Gasteiger partial charge in [0, 0.05) is 29.7 Å². The molecule has 35 heavy (non-hydrogen) atoms. The van der Waals surface area contributed by atoms with Crippen LogP contribution in [-0.4, -0.2) is 42.0 Å². The predicted molar refractivity (Wildman–Crippen MR) is 128 cm³/mol. The summed E-state index contributed by atoms with van der Waals surface area (Å²) < 4.78 is 54.2. The van der Waals surface area contributed by atoms with Crippen molar-refractivity contribution >= 4 is 32.3 Å². The van der Waals surface area contributed by atoms with Gasteiger partial charge in [-0.2, -0.15) is 8.42 Å². The Balaban J connectivity index is 2.12. The number of allylic oxidation sites excluding steroid dienone is 2. The van der Waals surface area contributed by atoms with Gasteiger partial charge in [-0.1, -0.05) is 11.6 Å². The molecule has 3 aromatic rings. The molecule has 1 aliphatic heterocycles. The lowest BCUT2D eigenvalue weighted by atomic mass is 9.96. The molecule has 0 bridgehead atoms. The molecule has 0 saturated carbocycles. The highest BCUT2D eigenvalue weighted by molar-refractivity contribution is 7.81. The fourth-order valence-corrected chi connectivity index (χ4v) is 4.58. The van der Waals surface area contributed by atoms with E-state index in [4.69, 9.17) is 18.1 Å². The van der Waals surface area contributed by atoms with Crippen LogP contribution < -0.4 is 19.1 Å². The highest BCUT2D eigenvalue weighted by Crippen LogP contribution is 2.45. The number of phenolic OH excluding ortho intramolecular Hbond substituents is 1. The van der Waals surface area contributed by atoms with Gasteiger partial charge in [0.2, 0.25) is 5.43 Å². The van der Waals surface area contributed by atoms with Crippen molar-refractivity contribution in [2.24, 2.45) is 0 Å². The fourth-order valence-electron chi connectivity index (χ4n) is 4.20. The molecule has 11 heteroatoms. The minimum Gasteiger partial charge on any atom is -0.504 e. The largest absolute Gasteiger partial charge is 0.504 e. The molecule has 10 nitrogen and oxygen atoms in total. The number of aromatic hydroxyl groups is 1. The highest BCUT2D eigenvalue weighted by atomic mass is 32.3. The van der Waals surface area contributed by atoms with Gasteiger partial charge in [-0.3, -0.25) is 9.35 Å². The Morgan fingerprint density at radius 1 is 1.23 bits per heavy atom. The van der Waals surface area contributed by atoms with E-state index in [1.807, 2.05) is 19.9 Å². The summed E-state index contributed by atoms with van der Waals surface area (Å²) in [6, 6.07) is 2.40. The van der Waals surface area contributed by atoms with Crippen LogP contribution in [0.1, 0.15) is 38.8 Å². The Labute approximate surface area is 201 Å². The summed E-state index contributed by atoms with van der Waals surface area (Å²) in [5, 5.41) is 21.2. The second-order valence-corrected chi connectivity index (χ2v) is 10.3. The molecular weight excluding hydrogens is 480 g/mol. The number of benzene rings is 2. The second-order valence-electron chi connectivity index (χ2n) is 9.23. The van der Waals surface area contributed by atoms with Crippen molar-refractivity contribution in [2.45, 2.75) is 52.2 Å². The molecular formula is C24H26O10S. The Kier molecular flexibility index (Phi) is 5.98. The first kappa shape index (κ1) is 24.8. The van der Waals surface area contributed by atoms with E-state index in [9.17, 15) is 28.0 Å². The highest BCUT2D eigenvalue weighted by Gasteiger charge is 2.39.